The van der Waals surface area contributed by atoms with Crippen LogP contribution >= 0.6 is 11.6 Å². The van der Waals surface area contributed by atoms with Gasteiger partial charge in [-0.05, 0) is 32.4 Å². The summed E-state index contributed by atoms with van der Waals surface area (Å²) < 4.78 is 0. The zero-order valence-corrected chi connectivity index (χ0v) is 10.3. The van der Waals surface area contributed by atoms with Crippen molar-refractivity contribution in [2.24, 2.45) is 0 Å². The molecule has 0 fully saturated rings. The Hall–Kier alpha value is -0.600. The molecule has 1 aromatic heterocycles. The molecule has 0 amide bonds. The third-order valence-electron chi connectivity index (χ3n) is 2.96. The van der Waals surface area contributed by atoms with Gasteiger partial charge in [0.2, 0.25) is 0 Å². The largest absolute Gasteiger partial charge is 0.294 e. The van der Waals surface area contributed by atoms with Crippen molar-refractivity contribution in [3.05, 3.63) is 28.5 Å². The molecule has 0 spiro atoms. The first kappa shape index (κ1) is 10.9. The molecule has 0 saturated carbocycles. The number of nitrogens with zero attached hydrogens (tertiary/aromatic N) is 2. The topological polar surface area (TPSA) is 16.1 Å². The predicted molar refractivity (Wildman–Crippen MR) is 63.1 cm³/mol. The predicted octanol–water partition coefficient (Wildman–Crippen LogP) is 2.89. The molecule has 0 radical (unpaired) electrons. The molecular weight excluding hydrogens is 208 g/mol. The molecule has 2 nitrogen and oxygen atoms in total. The van der Waals surface area contributed by atoms with E-state index in [4.69, 9.17) is 11.6 Å². The fourth-order valence-electron chi connectivity index (χ4n) is 1.96. The van der Waals surface area contributed by atoms with Gasteiger partial charge < -0.3 is 0 Å². The highest BCUT2D eigenvalue weighted by molar-refractivity contribution is 6.29. The van der Waals surface area contributed by atoms with Crippen molar-refractivity contribution in [3.63, 3.8) is 0 Å². The van der Waals surface area contributed by atoms with Crippen LogP contribution in [0, 0.1) is 0 Å². The van der Waals surface area contributed by atoms with Gasteiger partial charge in [0.15, 0.2) is 0 Å². The quantitative estimate of drug-likeness (QED) is 0.630. The molecule has 0 unspecified atom stereocenters. The normalized spacial score (nSPS) is 17.6. The Morgan fingerprint density at radius 1 is 1.33 bits per heavy atom. The van der Waals surface area contributed by atoms with Gasteiger partial charge in [-0.3, -0.25) is 4.90 Å². The summed E-state index contributed by atoms with van der Waals surface area (Å²) in [6.07, 6.45) is 1.01. The van der Waals surface area contributed by atoms with E-state index in [1.165, 1.54) is 11.3 Å². The lowest BCUT2D eigenvalue weighted by Gasteiger charge is -2.38. The Kier molecular flexibility index (Phi) is 2.73. The zero-order valence-electron chi connectivity index (χ0n) is 9.55. The Morgan fingerprint density at radius 3 is 2.73 bits per heavy atom. The molecule has 0 N–H and O–H groups in total. The van der Waals surface area contributed by atoms with Crippen LogP contribution in [0.25, 0.3) is 0 Å². The summed E-state index contributed by atoms with van der Waals surface area (Å²) in [4.78, 5) is 6.85. The lowest BCUT2D eigenvalue weighted by atomic mass is 9.99. The lowest BCUT2D eigenvalue weighted by molar-refractivity contribution is 0.120. The molecule has 3 heteroatoms. The minimum atomic E-state index is 0.233. The summed E-state index contributed by atoms with van der Waals surface area (Å²) in [5.74, 6) is 0. The number of fused-ring (bicyclic) bond motifs is 1. The van der Waals surface area contributed by atoms with E-state index in [-0.39, 0.29) is 5.54 Å². The second kappa shape index (κ2) is 3.76. The number of hydrogen-bond donors (Lipinski definition) is 0. The van der Waals surface area contributed by atoms with Crippen molar-refractivity contribution in [1.82, 2.24) is 9.88 Å². The van der Waals surface area contributed by atoms with Crippen molar-refractivity contribution in [2.75, 3.05) is 6.54 Å². The fourth-order valence-corrected chi connectivity index (χ4v) is 2.13. The van der Waals surface area contributed by atoms with E-state index in [2.05, 4.69) is 36.7 Å². The van der Waals surface area contributed by atoms with Gasteiger partial charge in [-0.25, -0.2) is 4.98 Å². The maximum absolute atomic E-state index is 5.88. The van der Waals surface area contributed by atoms with Gasteiger partial charge in [-0.2, -0.15) is 0 Å². The van der Waals surface area contributed by atoms with Crippen LogP contribution in [0.1, 0.15) is 32.0 Å². The number of halogens is 1. The van der Waals surface area contributed by atoms with Crippen LogP contribution in [-0.4, -0.2) is 22.0 Å². The maximum atomic E-state index is 5.88. The SMILES string of the molecule is CC(C)(C)N1CCc2nc(Cl)ccc2C1. The monoisotopic (exact) mass is 224 g/mol. The second-order valence-corrected chi connectivity index (χ2v) is 5.47. The first-order valence-corrected chi connectivity index (χ1v) is 5.74. The van der Waals surface area contributed by atoms with E-state index < -0.39 is 0 Å². The minimum Gasteiger partial charge on any atom is -0.294 e. The Morgan fingerprint density at radius 2 is 2.07 bits per heavy atom. The van der Waals surface area contributed by atoms with Crippen molar-refractivity contribution in [2.45, 2.75) is 39.3 Å². The molecular formula is C12H17ClN2. The molecule has 0 aromatic carbocycles. The molecule has 0 atom stereocenters. The Bertz CT molecular complexity index is 368. The molecule has 2 heterocycles. The molecule has 0 saturated heterocycles. The number of hydrogen-bond acceptors (Lipinski definition) is 2. The summed E-state index contributed by atoms with van der Waals surface area (Å²) in [7, 11) is 0. The van der Waals surface area contributed by atoms with Gasteiger partial charge in [0.05, 0.1) is 0 Å². The highest BCUT2D eigenvalue weighted by atomic mass is 35.5. The van der Waals surface area contributed by atoms with Crippen LogP contribution in [0.2, 0.25) is 5.15 Å². The van der Waals surface area contributed by atoms with E-state index in [0.29, 0.717) is 5.15 Å². The molecule has 1 aliphatic heterocycles. The summed E-state index contributed by atoms with van der Waals surface area (Å²) in [6, 6.07) is 3.98. The number of aromatic nitrogens is 1. The molecule has 0 aliphatic carbocycles. The van der Waals surface area contributed by atoms with Crippen molar-refractivity contribution >= 4 is 11.6 Å². The van der Waals surface area contributed by atoms with Gasteiger partial charge >= 0.3 is 0 Å². The average Bonchev–Trinajstić information content (AvgIpc) is 2.15. The van der Waals surface area contributed by atoms with Crippen molar-refractivity contribution < 1.29 is 0 Å². The average molecular weight is 225 g/mol. The molecule has 1 aromatic rings. The zero-order chi connectivity index (χ0) is 11.1. The fraction of sp³-hybridized carbons (Fsp3) is 0.583. The van der Waals surface area contributed by atoms with E-state index in [1.54, 1.807) is 0 Å². The maximum Gasteiger partial charge on any atom is 0.129 e. The smallest absolute Gasteiger partial charge is 0.129 e. The number of rotatable bonds is 0. The van der Waals surface area contributed by atoms with Crippen molar-refractivity contribution in [3.8, 4) is 0 Å². The second-order valence-electron chi connectivity index (χ2n) is 5.08. The van der Waals surface area contributed by atoms with Crippen LogP contribution < -0.4 is 0 Å². The lowest BCUT2D eigenvalue weighted by Crippen LogP contribution is -2.44. The van der Waals surface area contributed by atoms with Gasteiger partial charge in [0.25, 0.3) is 0 Å². The van der Waals surface area contributed by atoms with E-state index in [1.807, 2.05) is 6.07 Å². The van der Waals surface area contributed by atoms with Crippen LogP contribution in [-0.2, 0) is 13.0 Å². The van der Waals surface area contributed by atoms with Crippen LogP contribution in [0.3, 0.4) is 0 Å². The standard InChI is InChI=1S/C12H17ClN2/c1-12(2,3)15-7-6-10-9(8-15)4-5-11(13)14-10/h4-5H,6-8H2,1-3H3. The summed E-state index contributed by atoms with van der Waals surface area (Å²) in [6.45, 7) is 8.82. The molecule has 2 rings (SSSR count). The van der Waals surface area contributed by atoms with Gasteiger partial charge in [0, 0.05) is 30.7 Å². The molecule has 0 bridgehead atoms. The summed E-state index contributed by atoms with van der Waals surface area (Å²) in [5.41, 5.74) is 2.72. The van der Waals surface area contributed by atoms with E-state index in [0.717, 1.165) is 19.5 Å². The van der Waals surface area contributed by atoms with Gasteiger partial charge in [0.1, 0.15) is 5.15 Å². The highest BCUT2D eigenvalue weighted by Gasteiger charge is 2.26. The van der Waals surface area contributed by atoms with Crippen LogP contribution in [0.4, 0.5) is 0 Å². The number of pyridine rings is 1. The minimum absolute atomic E-state index is 0.233. The summed E-state index contributed by atoms with van der Waals surface area (Å²) >= 11 is 5.88. The summed E-state index contributed by atoms with van der Waals surface area (Å²) in [5, 5.41) is 0.609. The Labute approximate surface area is 96.3 Å². The molecule has 15 heavy (non-hydrogen) atoms. The van der Waals surface area contributed by atoms with Crippen LogP contribution in [0.15, 0.2) is 12.1 Å². The van der Waals surface area contributed by atoms with Crippen LogP contribution in [0.5, 0.6) is 0 Å². The van der Waals surface area contributed by atoms with E-state index >= 15 is 0 Å². The van der Waals surface area contributed by atoms with Gasteiger partial charge in [-0.1, -0.05) is 17.7 Å². The third-order valence-corrected chi connectivity index (χ3v) is 3.17. The van der Waals surface area contributed by atoms with Gasteiger partial charge in [-0.15, -0.1) is 0 Å². The first-order valence-electron chi connectivity index (χ1n) is 5.36. The first-order chi connectivity index (χ1) is 6.97. The van der Waals surface area contributed by atoms with Crippen molar-refractivity contribution in [1.29, 1.82) is 0 Å². The molecule has 82 valence electrons. The third kappa shape index (κ3) is 2.32. The highest BCUT2D eigenvalue weighted by Crippen LogP contribution is 2.24. The Balaban J connectivity index is 2.24. The van der Waals surface area contributed by atoms with E-state index in [9.17, 15) is 0 Å². The molecule has 1 aliphatic rings.